The number of nitrogens with one attached hydrogen (secondary N) is 2. The molecule has 0 aliphatic heterocycles. The minimum absolute atomic E-state index is 0. The van der Waals surface area contributed by atoms with Crippen molar-refractivity contribution < 1.29 is 0 Å². The molecule has 2 rings (SSSR count). The number of hydrogen-bond acceptors (Lipinski definition) is 2. The fourth-order valence-electron chi connectivity index (χ4n) is 1.56. The quantitative estimate of drug-likeness (QED) is 0.783. The summed E-state index contributed by atoms with van der Waals surface area (Å²) in [5, 5.41) is 3.13. The van der Waals surface area contributed by atoms with Crippen molar-refractivity contribution in [1.82, 2.24) is 15.3 Å². The van der Waals surface area contributed by atoms with E-state index in [-0.39, 0.29) is 12.4 Å². The summed E-state index contributed by atoms with van der Waals surface area (Å²) < 4.78 is 0. The zero-order valence-corrected chi connectivity index (χ0v) is 9.60. The van der Waals surface area contributed by atoms with Gasteiger partial charge in [-0.15, -0.1) is 12.4 Å². The van der Waals surface area contributed by atoms with Crippen LogP contribution in [0.4, 0.5) is 0 Å². The summed E-state index contributed by atoms with van der Waals surface area (Å²) in [4.78, 5) is 7.82. The van der Waals surface area contributed by atoms with E-state index in [1.807, 2.05) is 25.2 Å². The van der Waals surface area contributed by atoms with Gasteiger partial charge in [0.05, 0.1) is 11.0 Å². The van der Waals surface area contributed by atoms with Crippen LogP contribution in [0.1, 0.15) is 12.2 Å². The van der Waals surface area contributed by atoms with Gasteiger partial charge < -0.3 is 10.3 Å². The standard InChI is InChI=1S/C11H15N3.ClH/c1-12-8-4-7-11-13-9-5-2-3-6-10(9)14-11;/h2-3,5-6,12H,4,7-8H2,1H3,(H,13,14);1H. The smallest absolute Gasteiger partial charge is 0.107 e. The molecule has 0 bridgehead atoms. The molecule has 0 spiro atoms. The van der Waals surface area contributed by atoms with E-state index >= 15 is 0 Å². The van der Waals surface area contributed by atoms with Crippen LogP contribution in [0.3, 0.4) is 0 Å². The first-order valence-corrected chi connectivity index (χ1v) is 4.98. The molecule has 0 atom stereocenters. The predicted molar refractivity (Wildman–Crippen MR) is 65.6 cm³/mol. The van der Waals surface area contributed by atoms with Crippen LogP contribution in [0.2, 0.25) is 0 Å². The fourth-order valence-corrected chi connectivity index (χ4v) is 1.56. The van der Waals surface area contributed by atoms with Gasteiger partial charge in [0.1, 0.15) is 5.82 Å². The highest BCUT2D eigenvalue weighted by molar-refractivity contribution is 5.85. The second-order valence-electron chi connectivity index (χ2n) is 3.41. The number of para-hydroxylation sites is 2. The van der Waals surface area contributed by atoms with Crippen LogP contribution in [0.5, 0.6) is 0 Å². The van der Waals surface area contributed by atoms with Crippen molar-refractivity contribution in [2.45, 2.75) is 12.8 Å². The van der Waals surface area contributed by atoms with Crippen LogP contribution < -0.4 is 5.32 Å². The van der Waals surface area contributed by atoms with Crippen molar-refractivity contribution in [2.75, 3.05) is 13.6 Å². The number of imidazole rings is 1. The zero-order valence-electron chi connectivity index (χ0n) is 8.79. The second-order valence-corrected chi connectivity index (χ2v) is 3.41. The first kappa shape index (κ1) is 12.0. The van der Waals surface area contributed by atoms with Crippen LogP contribution in [-0.4, -0.2) is 23.6 Å². The molecule has 3 nitrogen and oxygen atoms in total. The van der Waals surface area contributed by atoms with Gasteiger partial charge in [-0.3, -0.25) is 0 Å². The molecule has 0 saturated heterocycles. The summed E-state index contributed by atoms with van der Waals surface area (Å²) in [6, 6.07) is 8.13. The molecule has 4 heteroatoms. The van der Waals surface area contributed by atoms with Crippen molar-refractivity contribution in [3.05, 3.63) is 30.1 Å². The Balaban J connectivity index is 0.00000112. The Morgan fingerprint density at radius 1 is 1.33 bits per heavy atom. The molecule has 82 valence electrons. The van der Waals surface area contributed by atoms with Gasteiger partial charge in [-0.1, -0.05) is 12.1 Å². The third kappa shape index (κ3) is 2.94. The molecule has 2 aromatic rings. The van der Waals surface area contributed by atoms with E-state index in [2.05, 4.69) is 21.4 Å². The van der Waals surface area contributed by atoms with E-state index in [1.165, 1.54) is 0 Å². The van der Waals surface area contributed by atoms with Gasteiger partial charge in [0, 0.05) is 6.42 Å². The Hall–Kier alpha value is -1.06. The topological polar surface area (TPSA) is 40.7 Å². The summed E-state index contributed by atoms with van der Waals surface area (Å²) in [5.74, 6) is 1.08. The number of aryl methyl sites for hydroxylation is 1. The zero-order chi connectivity index (χ0) is 9.80. The molecule has 0 saturated carbocycles. The second kappa shape index (κ2) is 5.73. The van der Waals surface area contributed by atoms with Crippen LogP contribution in [-0.2, 0) is 6.42 Å². The molecular weight excluding hydrogens is 210 g/mol. The number of hydrogen-bond donors (Lipinski definition) is 2. The summed E-state index contributed by atoms with van der Waals surface area (Å²) in [6.45, 7) is 1.04. The monoisotopic (exact) mass is 225 g/mol. The maximum Gasteiger partial charge on any atom is 0.107 e. The van der Waals surface area contributed by atoms with E-state index in [0.29, 0.717) is 0 Å². The highest BCUT2D eigenvalue weighted by atomic mass is 35.5. The molecule has 1 heterocycles. The first-order chi connectivity index (χ1) is 6.90. The molecule has 2 N–H and O–H groups in total. The molecule has 1 aromatic heterocycles. The summed E-state index contributed by atoms with van der Waals surface area (Å²) in [7, 11) is 1.97. The van der Waals surface area contributed by atoms with Gasteiger partial charge >= 0.3 is 0 Å². The molecule has 0 unspecified atom stereocenters. The average Bonchev–Trinajstić information content (AvgIpc) is 2.60. The van der Waals surface area contributed by atoms with Crippen LogP contribution in [0.15, 0.2) is 24.3 Å². The van der Waals surface area contributed by atoms with Gasteiger partial charge in [-0.25, -0.2) is 4.98 Å². The Morgan fingerprint density at radius 2 is 2.13 bits per heavy atom. The summed E-state index contributed by atoms with van der Waals surface area (Å²) in [5.41, 5.74) is 2.19. The van der Waals surface area contributed by atoms with Crippen LogP contribution >= 0.6 is 12.4 Å². The predicted octanol–water partition coefficient (Wildman–Crippen LogP) is 2.14. The lowest BCUT2D eigenvalue weighted by Crippen LogP contribution is -2.08. The maximum atomic E-state index is 4.50. The van der Waals surface area contributed by atoms with Gasteiger partial charge in [0.2, 0.25) is 0 Å². The summed E-state index contributed by atoms with van der Waals surface area (Å²) in [6.07, 6.45) is 2.13. The largest absolute Gasteiger partial charge is 0.342 e. The molecule has 0 aliphatic carbocycles. The Bertz CT molecular complexity index is 378. The molecule has 0 radical (unpaired) electrons. The van der Waals surface area contributed by atoms with Gasteiger partial charge in [-0.2, -0.15) is 0 Å². The average molecular weight is 226 g/mol. The molecule has 0 amide bonds. The van der Waals surface area contributed by atoms with E-state index < -0.39 is 0 Å². The van der Waals surface area contributed by atoms with E-state index in [1.54, 1.807) is 0 Å². The van der Waals surface area contributed by atoms with Crippen LogP contribution in [0, 0.1) is 0 Å². The van der Waals surface area contributed by atoms with Crippen molar-refractivity contribution in [3.8, 4) is 0 Å². The molecule has 0 aliphatic rings. The third-order valence-electron chi connectivity index (χ3n) is 2.28. The molecule has 0 fully saturated rings. The van der Waals surface area contributed by atoms with Crippen molar-refractivity contribution in [2.24, 2.45) is 0 Å². The fraction of sp³-hybridized carbons (Fsp3) is 0.364. The van der Waals surface area contributed by atoms with E-state index in [9.17, 15) is 0 Å². The number of halogens is 1. The van der Waals surface area contributed by atoms with Gasteiger partial charge in [-0.05, 0) is 32.1 Å². The number of rotatable bonds is 4. The Labute approximate surface area is 95.7 Å². The number of benzene rings is 1. The normalized spacial score (nSPS) is 10.2. The number of fused-ring (bicyclic) bond motifs is 1. The highest BCUT2D eigenvalue weighted by Crippen LogP contribution is 2.10. The highest BCUT2D eigenvalue weighted by Gasteiger charge is 2.00. The van der Waals surface area contributed by atoms with Crippen LogP contribution in [0.25, 0.3) is 11.0 Å². The molecule has 1 aromatic carbocycles. The molecular formula is C11H16ClN3. The minimum Gasteiger partial charge on any atom is -0.342 e. The number of aromatic nitrogens is 2. The number of nitrogens with zero attached hydrogens (tertiary/aromatic N) is 1. The summed E-state index contributed by atoms with van der Waals surface area (Å²) >= 11 is 0. The third-order valence-corrected chi connectivity index (χ3v) is 2.28. The van der Waals surface area contributed by atoms with Crippen molar-refractivity contribution in [3.63, 3.8) is 0 Å². The lowest BCUT2D eigenvalue weighted by Gasteiger charge is -1.95. The van der Waals surface area contributed by atoms with Crippen molar-refractivity contribution >= 4 is 23.4 Å². The Morgan fingerprint density at radius 3 is 2.87 bits per heavy atom. The SMILES string of the molecule is CNCCCc1nc2ccccc2[nH]1.Cl. The van der Waals surface area contributed by atoms with Gasteiger partial charge in [0.15, 0.2) is 0 Å². The van der Waals surface area contributed by atoms with E-state index in [0.717, 1.165) is 36.2 Å². The minimum atomic E-state index is 0. The maximum absolute atomic E-state index is 4.50. The number of aromatic amines is 1. The lowest BCUT2D eigenvalue weighted by molar-refractivity contribution is 0.709. The lowest BCUT2D eigenvalue weighted by atomic mass is 10.3. The van der Waals surface area contributed by atoms with Crippen molar-refractivity contribution in [1.29, 1.82) is 0 Å². The Kier molecular flexibility index (Phi) is 4.59. The molecule has 15 heavy (non-hydrogen) atoms. The first-order valence-electron chi connectivity index (χ1n) is 4.98. The van der Waals surface area contributed by atoms with E-state index in [4.69, 9.17) is 0 Å². The van der Waals surface area contributed by atoms with Gasteiger partial charge in [0.25, 0.3) is 0 Å². The number of H-pyrrole nitrogens is 1.